The van der Waals surface area contributed by atoms with E-state index >= 15 is 0 Å². The number of carbonyl (C=O) groups is 2. The summed E-state index contributed by atoms with van der Waals surface area (Å²) in [6, 6.07) is 18.2. The van der Waals surface area contributed by atoms with Gasteiger partial charge in [0.2, 0.25) is 0 Å². The largest absolute Gasteiger partial charge is 0.459 e. The van der Waals surface area contributed by atoms with E-state index in [0.29, 0.717) is 22.9 Å². The molecule has 0 bridgehead atoms. The highest BCUT2D eigenvalue weighted by Gasteiger charge is 2.21. The molecule has 0 saturated carbocycles. The zero-order valence-corrected chi connectivity index (χ0v) is 18.4. The third-order valence-electron chi connectivity index (χ3n) is 5.04. The fourth-order valence-electron chi connectivity index (χ4n) is 3.41. The van der Waals surface area contributed by atoms with Gasteiger partial charge in [-0.1, -0.05) is 48.9 Å². The van der Waals surface area contributed by atoms with Gasteiger partial charge in [-0.25, -0.2) is 4.79 Å². The van der Waals surface area contributed by atoms with Gasteiger partial charge in [-0.3, -0.25) is 4.79 Å². The number of nitrogens with one attached hydrogen (secondary N) is 2. The van der Waals surface area contributed by atoms with Crippen molar-refractivity contribution in [3.63, 3.8) is 0 Å². The van der Waals surface area contributed by atoms with E-state index < -0.39 is 5.91 Å². The molecule has 0 radical (unpaired) electrons. The number of urea groups is 1. The van der Waals surface area contributed by atoms with Crippen LogP contribution in [0.25, 0.3) is 0 Å². The van der Waals surface area contributed by atoms with Gasteiger partial charge in [-0.05, 0) is 55.7 Å². The molecule has 3 aromatic rings. The second kappa shape index (κ2) is 10.7. The molecule has 162 valence electrons. The lowest BCUT2D eigenvalue weighted by molar-refractivity contribution is 0.0996. The van der Waals surface area contributed by atoms with Gasteiger partial charge < -0.3 is 20.0 Å². The predicted molar refractivity (Wildman–Crippen MR) is 124 cm³/mol. The minimum absolute atomic E-state index is 0.0785. The van der Waals surface area contributed by atoms with Crippen LogP contribution in [0.4, 0.5) is 16.2 Å². The van der Waals surface area contributed by atoms with E-state index in [1.54, 1.807) is 30.3 Å². The third kappa shape index (κ3) is 5.89. The lowest BCUT2D eigenvalue weighted by Gasteiger charge is -2.30. The van der Waals surface area contributed by atoms with E-state index in [0.717, 1.165) is 12.8 Å². The summed E-state index contributed by atoms with van der Waals surface area (Å²) < 4.78 is 5.08. The number of carbonyl (C=O) groups excluding carboxylic acids is 2. The fourth-order valence-corrected chi connectivity index (χ4v) is 3.64. The highest BCUT2D eigenvalue weighted by molar-refractivity contribution is 6.34. The molecule has 0 aliphatic carbocycles. The monoisotopic (exact) mass is 439 g/mol. The molecule has 0 spiro atoms. The molecule has 1 heterocycles. The Balaban J connectivity index is 1.66. The maximum Gasteiger partial charge on any atom is 0.322 e. The number of benzene rings is 2. The summed E-state index contributed by atoms with van der Waals surface area (Å²) >= 11 is 6.32. The predicted octanol–water partition coefficient (Wildman–Crippen LogP) is 6.06. The van der Waals surface area contributed by atoms with Crippen molar-refractivity contribution in [2.75, 3.05) is 17.2 Å². The molecule has 0 fully saturated rings. The highest BCUT2D eigenvalue weighted by atomic mass is 35.5. The van der Waals surface area contributed by atoms with Gasteiger partial charge in [0.05, 0.1) is 17.0 Å². The van der Waals surface area contributed by atoms with Crippen LogP contribution in [0.2, 0.25) is 5.02 Å². The van der Waals surface area contributed by atoms with E-state index in [2.05, 4.69) is 29.7 Å². The van der Waals surface area contributed by atoms with E-state index in [4.69, 9.17) is 16.0 Å². The van der Waals surface area contributed by atoms with Gasteiger partial charge in [0, 0.05) is 18.3 Å². The normalized spacial score (nSPS) is 11.6. The Hall–Kier alpha value is -3.25. The van der Waals surface area contributed by atoms with Crippen LogP contribution in [0.15, 0.2) is 71.3 Å². The minimum atomic E-state index is -0.396. The molecule has 0 aliphatic rings. The number of nitrogens with zero attached hydrogens (tertiary/aromatic N) is 1. The van der Waals surface area contributed by atoms with Gasteiger partial charge in [-0.2, -0.15) is 0 Å². The van der Waals surface area contributed by atoms with Crippen LogP contribution >= 0.6 is 11.6 Å². The van der Waals surface area contributed by atoms with Crippen LogP contribution in [0.5, 0.6) is 0 Å². The molecule has 3 amide bonds. The van der Waals surface area contributed by atoms with Gasteiger partial charge in [0.1, 0.15) is 0 Å². The Labute approximate surface area is 187 Å². The van der Waals surface area contributed by atoms with Crippen molar-refractivity contribution in [1.29, 1.82) is 0 Å². The van der Waals surface area contributed by atoms with Crippen LogP contribution < -0.4 is 10.6 Å². The number of hydrogen-bond donors (Lipinski definition) is 2. The molecule has 1 aromatic heterocycles. The zero-order valence-electron chi connectivity index (χ0n) is 17.6. The van der Waals surface area contributed by atoms with E-state index in [-0.39, 0.29) is 17.8 Å². The van der Waals surface area contributed by atoms with E-state index in [1.165, 1.54) is 11.8 Å². The van der Waals surface area contributed by atoms with Crippen molar-refractivity contribution in [3.8, 4) is 0 Å². The first kappa shape index (κ1) is 22.4. The summed E-state index contributed by atoms with van der Waals surface area (Å²) in [6.45, 7) is 4.63. The number of anilines is 2. The summed E-state index contributed by atoms with van der Waals surface area (Å²) in [5.41, 5.74) is 2.18. The Bertz CT molecular complexity index is 1010. The number of likely N-dealkylation sites (N-methyl/N-ethyl adjacent to an activating group) is 1. The first-order valence-corrected chi connectivity index (χ1v) is 10.7. The number of amides is 3. The van der Waals surface area contributed by atoms with Gasteiger partial charge in [-0.15, -0.1) is 0 Å². The van der Waals surface area contributed by atoms with Crippen LogP contribution in [0.3, 0.4) is 0 Å². The minimum Gasteiger partial charge on any atom is -0.459 e. The topological polar surface area (TPSA) is 74.6 Å². The Morgan fingerprint density at radius 2 is 1.81 bits per heavy atom. The highest BCUT2D eigenvalue weighted by Crippen LogP contribution is 2.26. The van der Waals surface area contributed by atoms with Crippen molar-refractivity contribution in [2.24, 2.45) is 0 Å². The maximum atomic E-state index is 13.0. The molecule has 2 N–H and O–H groups in total. The fraction of sp³-hybridized carbons (Fsp3) is 0.250. The summed E-state index contributed by atoms with van der Waals surface area (Å²) in [5, 5.41) is 5.92. The number of furan rings is 1. The first-order valence-electron chi connectivity index (χ1n) is 10.3. The van der Waals surface area contributed by atoms with E-state index in [1.807, 2.05) is 30.0 Å². The van der Waals surface area contributed by atoms with Crippen molar-refractivity contribution in [3.05, 3.63) is 83.3 Å². The molecule has 3 rings (SSSR count). The van der Waals surface area contributed by atoms with Crippen LogP contribution in [0, 0.1) is 0 Å². The SMILES string of the molecule is CC[C@@H](Cc1ccccc1)N(CC)C(=O)Nc1ccc(NC(=O)c2ccco2)c(Cl)c1. The van der Waals surface area contributed by atoms with Crippen molar-refractivity contribution >= 4 is 34.9 Å². The quantitative estimate of drug-likeness (QED) is 0.448. The lowest BCUT2D eigenvalue weighted by Crippen LogP contribution is -2.43. The van der Waals surface area contributed by atoms with Gasteiger partial charge >= 0.3 is 6.03 Å². The summed E-state index contributed by atoms with van der Waals surface area (Å²) in [7, 11) is 0. The summed E-state index contributed by atoms with van der Waals surface area (Å²) in [4.78, 5) is 26.9. The van der Waals surface area contributed by atoms with Crippen LogP contribution in [-0.4, -0.2) is 29.4 Å². The average molecular weight is 440 g/mol. The number of rotatable bonds is 8. The Morgan fingerprint density at radius 1 is 1.03 bits per heavy atom. The maximum absolute atomic E-state index is 13.0. The number of hydrogen-bond acceptors (Lipinski definition) is 3. The third-order valence-corrected chi connectivity index (χ3v) is 5.35. The van der Waals surface area contributed by atoms with Crippen molar-refractivity contribution < 1.29 is 14.0 Å². The summed E-state index contributed by atoms with van der Waals surface area (Å²) in [5.74, 6) is -0.205. The van der Waals surface area contributed by atoms with Crippen LogP contribution in [0.1, 0.15) is 36.4 Å². The lowest BCUT2D eigenvalue weighted by atomic mass is 10.0. The number of halogens is 1. The second-order valence-corrected chi connectivity index (χ2v) is 7.50. The van der Waals surface area contributed by atoms with E-state index in [9.17, 15) is 9.59 Å². The standard InChI is InChI=1S/C24H26ClN3O3/c1-3-19(15-17-9-6-5-7-10-17)28(4-2)24(30)26-18-12-13-21(20(25)16-18)27-23(29)22-11-8-14-31-22/h5-14,16,19H,3-4,15H2,1-2H3,(H,26,30)(H,27,29)/t19-/m0/s1. The molecule has 0 unspecified atom stereocenters. The summed E-state index contributed by atoms with van der Waals surface area (Å²) in [6.07, 6.45) is 3.06. The second-order valence-electron chi connectivity index (χ2n) is 7.09. The van der Waals surface area contributed by atoms with Crippen molar-refractivity contribution in [2.45, 2.75) is 32.7 Å². The average Bonchev–Trinajstić information content (AvgIpc) is 3.31. The van der Waals surface area contributed by atoms with Gasteiger partial charge in [0.25, 0.3) is 5.91 Å². The first-order chi connectivity index (χ1) is 15.0. The molecular weight excluding hydrogens is 414 g/mol. The van der Waals surface area contributed by atoms with Crippen molar-refractivity contribution in [1.82, 2.24) is 4.90 Å². The Kier molecular flexibility index (Phi) is 7.73. The molecule has 6 nitrogen and oxygen atoms in total. The molecule has 2 aromatic carbocycles. The molecule has 31 heavy (non-hydrogen) atoms. The van der Waals surface area contributed by atoms with Crippen LogP contribution in [-0.2, 0) is 6.42 Å². The molecule has 7 heteroatoms. The smallest absolute Gasteiger partial charge is 0.322 e. The molecule has 0 saturated heterocycles. The molecular formula is C24H26ClN3O3. The molecule has 1 atom stereocenters. The zero-order chi connectivity index (χ0) is 22.2. The molecule has 0 aliphatic heterocycles. The van der Waals surface area contributed by atoms with Gasteiger partial charge in [0.15, 0.2) is 5.76 Å². The Morgan fingerprint density at radius 3 is 2.42 bits per heavy atom.